The Balaban J connectivity index is 1.84. The van der Waals surface area contributed by atoms with Crippen molar-refractivity contribution in [1.82, 2.24) is 10.2 Å². The van der Waals surface area contributed by atoms with Gasteiger partial charge in [-0.3, -0.25) is 4.79 Å². The normalized spacial score (nSPS) is 17.6. The first kappa shape index (κ1) is 17.0. The zero-order valence-corrected chi connectivity index (χ0v) is 15.3. The monoisotopic (exact) mass is 388 g/mol. The number of rotatable bonds is 4. The van der Waals surface area contributed by atoms with Gasteiger partial charge in [0, 0.05) is 29.7 Å². The van der Waals surface area contributed by atoms with Crippen LogP contribution in [0.15, 0.2) is 53.0 Å². The average molecular weight is 389 g/mol. The van der Waals surface area contributed by atoms with Crippen LogP contribution in [0.3, 0.4) is 0 Å². The smallest absolute Gasteiger partial charge is 0.227 e. The summed E-state index contributed by atoms with van der Waals surface area (Å²) in [6, 6.07) is 15.8. The lowest BCUT2D eigenvalue weighted by atomic mass is 10.0. The lowest BCUT2D eigenvalue weighted by molar-refractivity contribution is -0.133. The van der Waals surface area contributed by atoms with Crippen LogP contribution < -0.4 is 10.1 Å². The van der Waals surface area contributed by atoms with Gasteiger partial charge in [-0.05, 0) is 17.7 Å². The summed E-state index contributed by atoms with van der Waals surface area (Å²) in [5.41, 5.74) is 2.06. The molecule has 1 heterocycles. The van der Waals surface area contributed by atoms with Crippen LogP contribution in [0.1, 0.15) is 17.2 Å². The molecule has 1 aliphatic rings. The maximum absolute atomic E-state index is 12.9. The summed E-state index contributed by atoms with van der Waals surface area (Å²) in [5.74, 6) is 0.962. The number of nitrogens with zero attached hydrogens (tertiary/aromatic N) is 1. The van der Waals surface area contributed by atoms with E-state index >= 15 is 0 Å². The van der Waals surface area contributed by atoms with Gasteiger partial charge in [0.15, 0.2) is 0 Å². The third-order valence-corrected chi connectivity index (χ3v) is 5.13. The molecule has 1 fully saturated rings. The second-order valence-corrected chi connectivity index (χ2v) is 6.67. The maximum atomic E-state index is 12.9. The summed E-state index contributed by atoms with van der Waals surface area (Å²) in [4.78, 5) is 14.9. The van der Waals surface area contributed by atoms with E-state index in [0.29, 0.717) is 13.0 Å². The minimum Gasteiger partial charge on any atom is -0.496 e. The number of methoxy groups -OCH3 is 1. The molecule has 0 aliphatic carbocycles. The van der Waals surface area contributed by atoms with Gasteiger partial charge >= 0.3 is 0 Å². The molecule has 24 heavy (non-hydrogen) atoms. The van der Waals surface area contributed by atoms with Crippen molar-refractivity contribution in [3.05, 3.63) is 64.1 Å². The van der Waals surface area contributed by atoms with Gasteiger partial charge in [0.1, 0.15) is 5.75 Å². The van der Waals surface area contributed by atoms with Crippen LogP contribution in [0.5, 0.6) is 5.75 Å². The topological polar surface area (TPSA) is 41.6 Å². The Morgan fingerprint density at radius 1 is 1.25 bits per heavy atom. The Kier molecular flexibility index (Phi) is 5.53. The van der Waals surface area contributed by atoms with Gasteiger partial charge in [0.05, 0.1) is 19.6 Å². The van der Waals surface area contributed by atoms with E-state index in [0.717, 1.165) is 34.4 Å². The van der Waals surface area contributed by atoms with Gasteiger partial charge in [0.25, 0.3) is 0 Å². The zero-order valence-electron chi connectivity index (χ0n) is 13.7. The fourth-order valence-corrected chi connectivity index (χ4v) is 3.55. The number of hydrogen-bond donors (Lipinski definition) is 1. The largest absolute Gasteiger partial charge is 0.496 e. The number of nitrogens with one attached hydrogen (secondary N) is 1. The molecule has 1 amide bonds. The van der Waals surface area contributed by atoms with E-state index in [1.54, 1.807) is 7.11 Å². The molecule has 2 aromatic rings. The van der Waals surface area contributed by atoms with Crippen LogP contribution in [0.25, 0.3) is 0 Å². The molecule has 1 aliphatic heterocycles. The molecular weight excluding hydrogens is 368 g/mol. The molecule has 1 N–H and O–H groups in total. The van der Waals surface area contributed by atoms with Crippen LogP contribution in [0.2, 0.25) is 0 Å². The highest BCUT2D eigenvalue weighted by atomic mass is 79.9. The third kappa shape index (κ3) is 3.62. The SMILES string of the molecule is COc1ccccc1C1CNCCN1C(=O)Cc1ccccc1Br. The third-order valence-electron chi connectivity index (χ3n) is 4.36. The number of hydrogen-bond acceptors (Lipinski definition) is 3. The number of benzene rings is 2. The maximum Gasteiger partial charge on any atom is 0.227 e. The second kappa shape index (κ2) is 7.81. The first-order valence-electron chi connectivity index (χ1n) is 8.07. The quantitative estimate of drug-likeness (QED) is 0.874. The molecule has 1 atom stereocenters. The highest BCUT2D eigenvalue weighted by Crippen LogP contribution is 2.31. The van der Waals surface area contributed by atoms with Crippen LogP contribution in [0.4, 0.5) is 0 Å². The van der Waals surface area contributed by atoms with E-state index in [4.69, 9.17) is 4.74 Å². The van der Waals surface area contributed by atoms with Crippen LogP contribution in [0, 0.1) is 0 Å². The molecule has 0 radical (unpaired) electrons. The van der Waals surface area contributed by atoms with Crippen LogP contribution in [-0.2, 0) is 11.2 Å². The number of halogens is 1. The summed E-state index contributed by atoms with van der Waals surface area (Å²) < 4.78 is 6.47. The Morgan fingerprint density at radius 3 is 2.79 bits per heavy atom. The highest BCUT2D eigenvalue weighted by Gasteiger charge is 2.29. The Morgan fingerprint density at radius 2 is 2.00 bits per heavy atom. The molecule has 0 bridgehead atoms. The van der Waals surface area contributed by atoms with E-state index in [1.165, 1.54) is 0 Å². The van der Waals surface area contributed by atoms with E-state index in [2.05, 4.69) is 21.2 Å². The minimum atomic E-state index is -0.00936. The molecule has 0 aromatic heterocycles. The molecule has 0 saturated carbocycles. The number of amides is 1. The summed E-state index contributed by atoms with van der Waals surface area (Å²) in [5, 5.41) is 3.39. The van der Waals surface area contributed by atoms with Gasteiger partial charge in [-0.2, -0.15) is 0 Å². The number of para-hydroxylation sites is 1. The highest BCUT2D eigenvalue weighted by molar-refractivity contribution is 9.10. The first-order valence-corrected chi connectivity index (χ1v) is 8.86. The number of piperazine rings is 1. The molecule has 5 heteroatoms. The molecule has 126 valence electrons. The van der Waals surface area contributed by atoms with Gasteiger partial charge in [-0.1, -0.05) is 52.3 Å². The lowest BCUT2D eigenvalue weighted by Gasteiger charge is -2.37. The number of carbonyl (C=O) groups excluding carboxylic acids is 1. The predicted octanol–water partition coefficient (Wildman–Crippen LogP) is 3.17. The van der Waals surface area contributed by atoms with E-state index in [1.807, 2.05) is 53.4 Å². The molecule has 2 aromatic carbocycles. The molecule has 0 spiro atoms. The summed E-state index contributed by atoms with van der Waals surface area (Å²) in [7, 11) is 1.67. The zero-order chi connectivity index (χ0) is 16.9. The van der Waals surface area contributed by atoms with Crippen LogP contribution >= 0.6 is 15.9 Å². The molecule has 1 unspecified atom stereocenters. The van der Waals surface area contributed by atoms with Gasteiger partial charge in [0.2, 0.25) is 5.91 Å². The van der Waals surface area contributed by atoms with Gasteiger partial charge < -0.3 is 15.0 Å². The Bertz CT molecular complexity index is 720. The van der Waals surface area contributed by atoms with Crippen molar-refractivity contribution >= 4 is 21.8 Å². The van der Waals surface area contributed by atoms with Crippen molar-refractivity contribution in [2.24, 2.45) is 0 Å². The Hall–Kier alpha value is -1.85. The second-order valence-electron chi connectivity index (χ2n) is 5.82. The van der Waals surface area contributed by atoms with Crippen molar-refractivity contribution in [3.8, 4) is 5.75 Å². The predicted molar refractivity (Wildman–Crippen MR) is 98.2 cm³/mol. The van der Waals surface area contributed by atoms with Crippen molar-refractivity contribution in [2.45, 2.75) is 12.5 Å². The Labute approximate surface area is 150 Å². The first-order chi connectivity index (χ1) is 11.7. The standard InChI is InChI=1S/C19H21BrN2O2/c1-24-18-9-5-3-7-15(18)17-13-21-10-11-22(17)19(23)12-14-6-2-4-8-16(14)20/h2-9,17,21H,10-13H2,1H3. The minimum absolute atomic E-state index is 0.00936. The fraction of sp³-hybridized carbons (Fsp3) is 0.316. The molecule has 4 nitrogen and oxygen atoms in total. The van der Waals surface area contributed by atoms with Crippen molar-refractivity contribution in [1.29, 1.82) is 0 Å². The molecular formula is C19H21BrN2O2. The van der Waals surface area contributed by atoms with Crippen molar-refractivity contribution < 1.29 is 9.53 Å². The average Bonchev–Trinajstić information content (AvgIpc) is 2.63. The van der Waals surface area contributed by atoms with Crippen LogP contribution in [-0.4, -0.2) is 37.6 Å². The van der Waals surface area contributed by atoms with E-state index in [-0.39, 0.29) is 11.9 Å². The van der Waals surface area contributed by atoms with Crippen molar-refractivity contribution in [2.75, 3.05) is 26.7 Å². The fourth-order valence-electron chi connectivity index (χ4n) is 3.13. The number of ether oxygens (including phenoxy) is 1. The summed E-state index contributed by atoms with van der Waals surface area (Å²) in [6.45, 7) is 2.25. The summed E-state index contributed by atoms with van der Waals surface area (Å²) >= 11 is 3.53. The van der Waals surface area contributed by atoms with E-state index in [9.17, 15) is 4.79 Å². The van der Waals surface area contributed by atoms with Gasteiger partial charge in [-0.15, -0.1) is 0 Å². The molecule has 3 rings (SSSR count). The number of carbonyl (C=O) groups is 1. The molecule has 1 saturated heterocycles. The van der Waals surface area contributed by atoms with Crippen molar-refractivity contribution in [3.63, 3.8) is 0 Å². The van der Waals surface area contributed by atoms with E-state index < -0.39 is 0 Å². The lowest BCUT2D eigenvalue weighted by Crippen LogP contribution is -2.49. The summed E-state index contributed by atoms with van der Waals surface area (Å²) in [6.07, 6.45) is 0.396. The van der Waals surface area contributed by atoms with Gasteiger partial charge in [-0.25, -0.2) is 0 Å².